The van der Waals surface area contributed by atoms with E-state index in [1.54, 1.807) is 17.0 Å². The summed E-state index contributed by atoms with van der Waals surface area (Å²) in [5.74, 6) is -0.543. The average molecular weight is 318 g/mol. The minimum Gasteiger partial charge on any atom is -0.312 e. The van der Waals surface area contributed by atoms with Gasteiger partial charge in [0.2, 0.25) is 5.91 Å². The van der Waals surface area contributed by atoms with Crippen molar-refractivity contribution in [2.45, 2.75) is 26.2 Å². The van der Waals surface area contributed by atoms with Crippen LogP contribution in [0.5, 0.6) is 0 Å². The van der Waals surface area contributed by atoms with Crippen molar-refractivity contribution in [1.82, 2.24) is 0 Å². The lowest BCUT2D eigenvalue weighted by molar-refractivity contribution is -0.118. The molecule has 0 saturated carbocycles. The number of carbonyl (C=O) groups is 1. The maximum absolute atomic E-state index is 13.9. The van der Waals surface area contributed by atoms with Gasteiger partial charge in [0, 0.05) is 22.8 Å². The maximum Gasteiger partial charge on any atom is 0.231 e. The topological polar surface area (TPSA) is 20.3 Å². The molecular weight excluding hydrogens is 301 g/mol. The van der Waals surface area contributed by atoms with E-state index >= 15 is 0 Å². The van der Waals surface area contributed by atoms with Crippen molar-refractivity contribution in [3.05, 3.63) is 63.9 Å². The molecule has 0 unspecified atom stereocenters. The summed E-state index contributed by atoms with van der Waals surface area (Å²) in [7, 11) is 0. The van der Waals surface area contributed by atoms with Gasteiger partial charge >= 0.3 is 0 Å². The molecule has 3 rings (SSSR count). The zero-order valence-electron chi connectivity index (χ0n) is 12.4. The van der Waals surface area contributed by atoms with E-state index in [9.17, 15) is 9.18 Å². The summed E-state index contributed by atoms with van der Waals surface area (Å²) < 4.78 is 13.9. The maximum atomic E-state index is 13.9. The third-order valence-electron chi connectivity index (χ3n) is 4.04. The standard InChI is InChI=1S/C18H17ClFNO/c1-12-7-8-17-13(10-12)4-3-9-21(17)18(22)11-14-15(19)5-2-6-16(14)20/h2,5-8,10H,3-4,9,11H2,1H3. The highest BCUT2D eigenvalue weighted by molar-refractivity contribution is 6.31. The Morgan fingerprint density at radius 3 is 2.91 bits per heavy atom. The summed E-state index contributed by atoms with van der Waals surface area (Å²) in [5, 5.41) is 0.300. The summed E-state index contributed by atoms with van der Waals surface area (Å²) in [4.78, 5) is 14.4. The van der Waals surface area contributed by atoms with Crippen LogP contribution in [0.1, 0.15) is 23.1 Å². The van der Waals surface area contributed by atoms with Gasteiger partial charge in [0.1, 0.15) is 5.82 Å². The van der Waals surface area contributed by atoms with Crippen LogP contribution in [0.3, 0.4) is 0 Å². The number of hydrogen-bond donors (Lipinski definition) is 0. The second-order valence-corrected chi connectivity index (χ2v) is 6.07. The number of hydrogen-bond acceptors (Lipinski definition) is 1. The summed E-state index contributed by atoms with van der Waals surface area (Å²) in [5.41, 5.74) is 3.58. The third-order valence-corrected chi connectivity index (χ3v) is 4.40. The molecule has 2 nitrogen and oxygen atoms in total. The molecule has 4 heteroatoms. The zero-order valence-corrected chi connectivity index (χ0v) is 13.2. The van der Waals surface area contributed by atoms with Gasteiger partial charge in [-0.15, -0.1) is 0 Å². The molecule has 0 atom stereocenters. The highest BCUT2D eigenvalue weighted by atomic mass is 35.5. The van der Waals surface area contributed by atoms with Crippen molar-refractivity contribution >= 4 is 23.2 Å². The number of rotatable bonds is 2. The van der Waals surface area contributed by atoms with Crippen molar-refractivity contribution in [2.24, 2.45) is 0 Å². The first-order chi connectivity index (χ1) is 10.6. The van der Waals surface area contributed by atoms with E-state index < -0.39 is 5.82 Å². The Bertz CT molecular complexity index is 709. The molecule has 0 aliphatic carbocycles. The van der Waals surface area contributed by atoms with Crippen LogP contribution in [0.25, 0.3) is 0 Å². The van der Waals surface area contributed by atoms with Crippen LogP contribution >= 0.6 is 11.6 Å². The number of carbonyl (C=O) groups excluding carboxylic acids is 1. The van der Waals surface area contributed by atoms with E-state index in [4.69, 9.17) is 11.6 Å². The van der Waals surface area contributed by atoms with Crippen LogP contribution in [-0.4, -0.2) is 12.5 Å². The molecular formula is C18H17ClFNO. The molecule has 1 aliphatic rings. The van der Waals surface area contributed by atoms with Gasteiger partial charge in [0.05, 0.1) is 6.42 Å². The number of halogens is 2. The summed E-state index contributed by atoms with van der Waals surface area (Å²) >= 11 is 6.02. The summed E-state index contributed by atoms with van der Waals surface area (Å²) in [6, 6.07) is 10.6. The highest BCUT2D eigenvalue weighted by Crippen LogP contribution is 2.29. The Balaban J connectivity index is 1.88. The van der Waals surface area contributed by atoms with Crippen molar-refractivity contribution in [3.63, 3.8) is 0 Å². The van der Waals surface area contributed by atoms with Crippen molar-refractivity contribution in [1.29, 1.82) is 0 Å². The average Bonchev–Trinajstić information content (AvgIpc) is 2.50. The second-order valence-electron chi connectivity index (χ2n) is 5.66. The number of fused-ring (bicyclic) bond motifs is 1. The Morgan fingerprint density at radius 1 is 1.32 bits per heavy atom. The SMILES string of the molecule is Cc1ccc2c(c1)CCCN2C(=O)Cc1c(F)cccc1Cl. The largest absolute Gasteiger partial charge is 0.312 e. The van der Waals surface area contributed by atoms with Crippen LogP contribution < -0.4 is 4.90 Å². The van der Waals surface area contributed by atoms with Gasteiger partial charge in [0.15, 0.2) is 0 Å². The first-order valence-electron chi connectivity index (χ1n) is 7.39. The number of anilines is 1. The van der Waals surface area contributed by atoms with Gasteiger partial charge in [-0.2, -0.15) is 0 Å². The fourth-order valence-electron chi connectivity index (χ4n) is 2.93. The molecule has 0 aromatic heterocycles. The normalized spacial score (nSPS) is 13.9. The lowest BCUT2D eigenvalue weighted by atomic mass is 9.99. The molecule has 0 spiro atoms. The smallest absolute Gasteiger partial charge is 0.231 e. The summed E-state index contributed by atoms with van der Waals surface area (Å²) in [6.45, 7) is 2.71. The molecule has 0 fully saturated rings. The van der Waals surface area contributed by atoms with Gasteiger partial charge in [-0.25, -0.2) is 4.39 Å². The first kappa shape index (κ1) is 15.0. The third kappa shape index (κ3) is 2.86. The monoisotopic (exact) mass is 317 g/mol. The lowest BCUT2D eigenvalue weighted by Gasteiger charge is -2.30. The van der Waals surface area contributed by atoms with Crippen LogP contribution in [-0.2, 0) is 17.6 Å². The van der Waals surface area contributed by atoms with Crippen molar-refractivity contribution in [3.8, 4) is 0 Å². The molecule has 0 saturated heterocycles. The van der Waals surface area contributed by atoms with E-state index in [0.717, 1.165) is 18.5 Å². The minimum absolute atomic E-state index is 0.0151. The Hall–Kier alpha value is -1.87. The molecule has 0 bridgehead atoms. The van der Waals surface area contributed by atoms with Crippen LogP contribution in [0, 0.1) is 12.7 Å². The Kier molecular flexibility index (Phi) is 4.16. The number of nitrogens with zero attached hydrogens (tertiary/aromatic N) is 1. The number of amides is 1. The number of benzene rings is 2. The van der Waals surface area contributed by atoms with E-state index in [1.807, 2.05) is 19.1 Å². The number of aryl methyl sites for hydroxylation is 2. The quantitative estimate of drug-likeness (QED) is 0.808. The molecule has 1 heterocycles. The van der Waals surface area contributed by atoms with Crippen LogP contribution in [0.2, 0.25) is 5.02 Å². The van der Waals surface area contributed by atoms with Gasteiger partial charge in [-0.3, -0.25) is 4.79 Å². The van der Waals surface area contributed by atoms with E-state index in [-0.39, 0.29) is 17.9 Å². The van der Waals surface area contributed by atoms with Gasteiger partial charge in [0.25, 0.3) is 0 Å². The molecule has 1 amide bonds. The molecule has 2 aromatic rings. The van der Waals surface area contributed by atoms with Gasteiger partial charge in [-0.1, -0.05) is 35.4 Å². The Labute approximate surface area is 134 Å². The lowest BCUT2D eigenvalue weighted by Crippen LogP contribution is -2.36. The van der Waals surface area contributed by atoms with Crippen LogP contribution in [0.15, 0.2) is 36.4 Å². The van der Waals surface area contributed by atoms with E-state index in [0.29, 0.717) is 11.6 Å². The predicted molar refractivity (Wildman–Crippen MR) is 87.0 cm³/mol. The van der Waals surface area contributed by atoms with E-state index in [2.05, 4.69) is 6.07 Å². The predicted octanol–water partition coefficient (Wildman–Crippen LogP) is 4.31. The van der Waals surface area contributed by atoms with E-state index in [1.165, 1.54) is 17.2 Å². The summed E-state index contributed by atoms with van der Waals surface area (Å²) in [6.07, 6.45) is 1.88. The second kappa shape index (κ2) is 6.09. The molecule has 114 valence electrons. The fourth-order valence-corrected chi connectivity index (χ4v) is 3.16. The minimum atomic E-state index is -0.429. The molecule has 0 N–H and O–H groups in total. The molecule has 0 radical (unpaired) electrons. The molecule has 22 heavy (non-hydrogen) atoms. The van der Waals surface area contributed by atoms with Gasteiger partial charge in [-0.05, 0) is 43.5 Å². The highest BCUT2D eigenvalue weighted by Gasteiger charge is 2.24. The molecule has 1 aliphatic heterocycles. The van der Waals surface area contributed by atoms with Crippen LogP contribution in [0.4, 0.5) is 10.1 Å². The van der Waals surface area contributed by atoms with Gasteiger partial charge < -0.3 is 4.90 Å². The fraction of sp³-hybridized carbons (Fsp3) is 0.278. The zero-order chi connectivity index (χ0) is 15.7. The van der Waals surface area contributed by atoms with Crippen molar-refractivity contribution < 1.29 is 9.18 Å². The van der Waals surface area contributed by atoms with Crippen molar-refractivity contribution in [2.75, 3.05) is 11.4 Å². The Morgan fingerprint density at radius 2 is 2.14 bits per heavy atom. The first-order valence-corrected chi connectivity index (χ1v) is 7.77. The molecule has 2 aromatic carbocycles.